The van der Waals surface area contributed by atoms with Gasteiger partial charge in [-0.2, -0.15) is 0 Å². The minimum Gasteiger partial charge on any atom is -0.423 e. The summed E-state index contributed by atoms with van der Waals surface area (Å²) in [5.41, 5.74) is 0.603. The fourth-order valence-corrected chi connectivity index (χ4v) is 1.03. The van der Waals surface area contributed by atoms with E-state index in [4.69, 9.17) is 21.6 Å². The largest absolute Gasteiger partial charge is 0.488 e. The van der Waals surface area contributed by atoms with Crippen LogP contribution in [0.15, 0.2) is 18.2 Å². The summed E-state index contributed by atoms with van der Waals surface area (Å²) < 4.78 is 0. The monoisotopic (exact) mass is 243 g/mol. The van der Waals surface area contributed by atoms with Gasteiger partial charge in [-0.3, -0.25) is 4.79 Å². The summed E-state index contributed by atoms with van der Waals surface area (Å²) in [6.07, 6.45) is 0.607. The first-order chi connectivity index (χ1) is 7.38. The number of carbonyl (C=O) groups is 1. The van der Waals surface area contributed by atoms with E-state index in [1.54, 1.807) is 0 Å². The quantitative estimate of drug-likeness (QED) is 0.567. The Bertz CT molecular complexity index is 342. The molecule has 0 amide bonds. The first-order valence-electron chi connectivity index (χ1n) is 4.60. The lowest BCUT2D eigenvalue weighted by molar-refractivity contribution is 0.112. The molecule has 1 aromatic rings. The molecular formula is C10H15BClNO3. The van der Waals surface area contributed by atoms with Gasteiger partial charge in [0.25, 0.3) is 0 Å². The van der Waals surface area contributed by atoms with Crippen LogP contribution in [0.1, 0.15) is 10.4 Å². The molecule has 0 saturated carbocycles. The number of rotatable bonds is 2. The van der Waals surface area contributed by atoms with Crippen molar-refractivity contribution in [2.45, 2.75) is 0 Å². The Labute approximate surface area is 101 Å². The molecular weight excluding hydrogens is 228 g/mol. The lowest BCUT2D eigenvalue weighted by Gasteiger charge is -2.00. The predicted molar refractivity (Wildman–Crippen MR) is 66.3 cm³/mol. The highest BCUT2D eigenvalue weighted by atomic mass is 35.5. The molecule has 6 heteroatoms. The second kappa shape index (κ2) is 7.41. The standard InChI is InChI=1S/C7H6BClO3.C3H9N/c9-7-3-6(8(11)12)2-1-5(7)4-10;1-4(2)3/h1-4,11-12H;1-3H3. The number of carbonyl (C=O) groups excluding carboxylic acids is 1. The topological polar surface area (TPSA) is 60.8 Å². The third-order valence-electron chi connectivity index (χ3n) is 1.45. The van der Waals surface area contributed by atoms with Gasteiger partial charge in [0.2, 0.25) is 0 Å². The molecule has 0 saturated heterocycles. The smallest absolute Gasteiger partial charge is 0.423 e. The zero-order valence-corrected chi connectivity index (χ0v) is 10.3. The van der Waals surface area contributed by atoms with E-state index >= 15 is 0 Å². The molecule has 0 aliphatic carbocycles. The fourth-order valence-electron chi connectivity index (χ4n) is 0.800. The minimum atomic E-state index is -1.55. The normalized spacial score (nSPS) is 9.44. The van der Waals surface area contributed by atoms with Gasteiger partial charge in [0, 0.05) is 5.56 Å². The minimum absolute atomic E-state index is 0.218. The van der Waals surface area contributed by atoms with Crippen LogP contribution in [0.25, 0.3) is 0 Å². The second-order valence-corrected chi connectivity index (χ2v) is 4.02. The highest BCUT2D eigenvalue weighted by Gasteiger charge is 2.11. The SMILES string of the molecule is CN(C)C.O=Cc1ccc(B(O)O)cc1Cl. The highest BCUT2D eigenvalue weighted by molar-refractivity contribution is 6.59. The zero-order valence-electron chi connectivity index (χ0n) is 9.51. The number of hydrogen-bond acceptors (Lipinski definition) is 4. The maximum absolute atomic E-state index is 10.3. The molecule has 0 spiro atoms. The highest BCUT2D eigenvalue weighted by Crippen LogP contribution is 2.10. The van der Waals surface area contributed by atoms with Crippen molar-refractivity contribution in [3.05, 3.63) is 28.8 Å². The summed E-state index contributed by atoms with van der Waals surface area (Å²) in [7, 11) is 4.45. The first kappa shape index (κ1) is 15.1. The van der Waals surface area contributed by atoms with Crippen molar-refractivity contribution < 1.29 is 14.8 Å². The molecule has 0 aliphatic heterocycles. The third kappa shape index (κ3) is 5.87. The van der Waals surface area contributed by atoms with Crippen molar-refractivity contribution in [2.75, 3.05) is 21.1 Å². The number of hydrogen-bond donors (Lipinski definition) is 2. The number of nitrogens with zero attached hydrogens (tertiary/aromatic N) is 1. The van der Waals surface area contributed by atoms with E-state index in [0.29, 0.717) is 11.8 Å². The zero-order chi connectivity index (χ0) is 12.7. The fraction of sp³-hybridized carbons (Fsp3) is 0.300. The van der Waals surface area contributed by atoms with E-state index in [0.717, 1.165) is 0 Å². The molecule has 0 aliphatic rings. The first-order valence-corrected chi connectivity index (χ1v) is 4.98. The van der Waals surface area contributed by atoms with Crippen LogP contribution in [0, 0.1) is 0 Å². The van der Waals surface area contributed by atoms with E-state index in [9.17, 15) is 4.79 Å². The van der Waals surface area contributed by atoms with Gasteiger partial charge < -0.3 is 14.9 Å². The number of benzene rings is 1. The lowest BCUT2D eigenvalue weighted by Crippen LogP contribution is -2.29. The van der Waals surface area contributed by atoms with Crippen LogP contribution in [0.5, 0.6) is 0 Å². The average molecular weight is 243 g/mol. The molecule has 0 fully saturated rings. The number of halogens is 1. The summed E-state index contributed by atoms with van der Waals surface area (Å²) in [4.78, 5) is 12.3. The molecule has 1 rings (SSSR count). The average Bonchev–Trinajstić information content (AvgIpc) is 2.16. The van der Waals surface area contributed by atoms with Crippen molar-refractivity contribution >= 4 is 30.5 Å². The second-order valence-electron chi connectivity index (χ2n) is 3.61. The van der Waals surface area contributed by atoms with Crippen molar-refractivity contribution in [1.29, 1.82) is 0 Å². The van der Waals surface area contributed by atoms with Crippen LogP contribution >= 0.6 is 11.6 Å². The maximum atomic E-state index is 10.3. The van der Waals surface area contributed by atoms with Gasteiger partial charge in [-0.25, -0.2) is 0 Å². The molecule has 0 bridgehead atoms. The molecule has 1 aromatic carbocycles. The van der Waals surface area contributed by atoms with E-state index in [-0.39, 0.29) is 10.5 Å². The third-order valence-corrected chi connectivity index (χ3v) is 1.78. The lowest BCUT2D eigenvalue weighted by atomic mass is 9.80. The molecule has 0 unspecified atom stereocenters. The Hall–Kier alpha value is -0.875. The number of aldehydes is 1. The molecule has 2 N–H and O–H groups in total. The van der Waals surface area contributed by atoms with Gasteiger partial charge in [-0.1, -0.05) is 23.7 Å². The molecule has 0 heterocycles. The molecule has 88 valence electrons. The predicted octanol–water partition coefficient (Wildman–Crippen LogP) is 0.0101. The van der Waals surface area contributed by atoms with Gasteiger partial charge in [0.15, 0.2) is 6.29 Å². The summed E-state index contributed by atoms with van der Waals surface area (Å²) >= 11 is 5.62. The van der Waals surface area contributed by atoms with Crippen LogP contribution < -0.4 is 5.46 Å². The van der Waals surface area contributed by atoms with Crippen LogP contribution in [-0.2, 0) is 0 Å². The molecule has 0 atom stereocenters. The van der Waals surface area contributed by atoms with Gasteiger partial charge in [-0.05, 0) is 32.7 Å². The van der Waals surface area contributed by atoms with Crippen LogP contribution in [0.3, 0.4) is 0 Å². The summed E-state index contributed by atoms with van der Waals surface area (Å²) in [6, 6.07) is 4.21. The molecule has 16 heavy (non-hydrogen) atoms. The van der Waals surface area contributed by atoms with Crippen LogP contribution in [0.4, 0.5) is 0 Å². The Morgan fingerprint density at radius 2 is 1.81 bits per heavy atom. The van der Waals surface area contributed by atoms with E-state index in [1.807, 2.05) is 26.0 Å². The van der Waals surface area contributed by atoms with Gasteiger partial charge in [0.1, 0.15) is 0 Å². The Morgan fingerprint density at radius 1 is 1.31 bits per heavy atom. The van der Waals surface area contributed by atoms with Gasteiger partial charge in [0.05, 0.1) is 5.02 Å². The van der Waals surface area contributed by atoms with E-state index in [1.165, 1.54) is 18.2 Å². The maximum Gasteiger partial charge on any atom is 0.488 e. The van der Waals surface area contributed by atoms with Crippen molar-refractivity contribution in [2.24, 2.45) is 0 Å². The van der Waals surface area contributed by atoms with Crippen molar-refractivity contribution in [3.8, 4) is 0 Å². The summed E-state index contributed by atoms with van der Waals surface area (Å²) in [5.74, 6) is 0. The Balaban J connectivity index is 0.000000487. The van der Waals surface area contributed by atoms with E-state index < -0.39 is 7.12 Å². The van der Waals surface area contributed by atoms with Gasteiger partial charge >= 0.3 is 7.12 Å². The Morgan fingerprint density at radius 3 is 2.12 bits per heavy atom. The summed E-state index contributed by atoms with van der Waals surface area (Å²) in [6.45, 7) is 0. The summed E-state index contributed by atoms with van der Waals surface area (Å²) in [5, 5.41) is 17.7. The van der Waals surface area contributed by atoms with Crippen LogP contribution in [0.2, 0.25) is 5.02 Å². The van der Waals surface area contributed by atoms with Crippen molar-refractivity contribution in [1.82, 2.24) is 4.90 Å². The van der Waals surface area contributed by atoms with Crippen LogP contribution in [-0.4, -0.2) is 49.5 Å². The molecule has 0 radical (unpaired) electrons. The Kier molecular flexibility index (Phi) is 7.00. The molecule has 0 aromatic heterocycles. The molecule has 4 nitrogen and oxygen atoms in total. The van der Waals surface area contributed by atoms with Crippen molar-refractivity contribution in [3.63, 3.8) is 0 Å². The van der Waals surface area contributed by atoms with E-state index in [2.05, 4.69) is 0 Å². The van der Waals surface area contributed by atoms with Gasteiger partial charge in [-0.15, -0.1) is 0 Å².